The average Bonchev–Trinajstić information content (AvgIpc) is 3.22. The number of nitrogens with zero attached hydrogens (tertiary/aromatic N) is 6. The fourth-order valence-corrected chi connectivity index (χ4v) is 3.87. The number of thiophene rings is 1. The Hall–Kier alpha value is -1.93. The lowest BCUT2D eigenvalue weighted by molar-refractivity contribution is 0.173. The molecule has 0 radical (unpaired) electrons. The first-order chi connectivity index (χ1) is 12.7. The minimum atomic E-state index is 0.571. The lowest BCUT2D eigenvalue weighted by Gasteiger charge is -2.36. The second-order valence-electron chi connectivity index (χ2n) is 7.12. The molecule has 26 heavy (non-hydrogen) atoms. The number of aromatic nitrogens is 3. The van der Waals surface area contributed by atoms with Crippen molar-refractivity contribution in [1.82, 2.24) is 29.9 Å². The number of piperazine rings is 1. The third-order valence-electron chi connectivity index (χ3n) is 5.09. The van der Waals surface area contributed by atoms with Crippen LogP contribution in [0.15, 0.2) is 22.5 Å². The van der Waals surface area contributed by atoms with Crippen molar-refractivity contribution in [3.63, 3.8) is 0 Å². The van der Waals surface area contributed by atoms with Gasteiger partial charge in [0.25, 0.3) is 0 Å². The highest BCUT2D eigenvalue weighted by molar-refractivity contribution is 7.09. The Morgan fingerprint density at radius 3 is 2.69 bits per heavy atom. The van der Waals surface area contributed by atoms with Crippen LogP contribution in [0, 0.1) is 6.92 Å². The molecule has 8 heteroatoms. The van der Waals surface area contributed by atoms with Crippen LogP contribution >= 0.6 is 11.3 Å². The molecule has 3 heterocycles. The SMILES string of the molecule is Cc1nnc(CN=C(NC2CC2)N2CCN(Cc3cccs3)CC2)n1C. The highest BCUT2D eigenvalue weighted by atomic mass is 32.1. The van der Waals surface area contributed by atoms with Gasteiger partial charge in [0, 0.05) is 50.7 Å². The maximum absolute atomic E-state index is 4.86. The molecular formula is C18H27N7S. The van der Waals surface area contributed by atoms with Gasteiger partial charge in [-0.2, -0.15) is 0 Å². The summed E-state index contributed by atoms with van der Waals surface area (Å²) in [6.07, 6.45) is 2.50. The fraction of sp³-hybridized carbons (Fsp3) is 0.611. The number of aliphatic imine (C=N–C) groups is 1. The van der Waals surface area contributed by atoms with Crippen LogP contribution in [0.25, 0.3) is 0 Å². The molecule has 0 unspecified atom stereocenters. The minimum absolute atomic E-state index is 0.571. The first-order valence-electron chi connectivity index (χ1n) is 9.34. The highest BCUT2D eigenvalue weighted by Gasteiger charge is 2.27. The van der Waals surface area contributed by atoms with Crippen LogP contribution in [0.2, 0.25) is 0 Å². The second kappa shape index (κ2) is 7.75. The van der Waals surface area contributed by atoms with Crippen molar-refractivity contribution in [2.24, 2.45) is 12.0 Å². The molecule has 1 N–H and O–H groups in total. The predicted octanol–water partition coefficient (Wildman–Crippen LogP) is 1.61. The summed E-state index contributed by atoms with van der Waals surface area (Å²) < 4.78 is 2.01. The molecule has 1 aliphatic heterocycles. The summed E-state index contributed by atoms with van der Waals surface area (Å²) in [5.74, 6) is 2.87. The molecule has 2 aromatic heterocycles. The van der Waals surface area contributed by atoms with Gasteiger partial charge < -0.3 is 14.8 Å². The molecule has 1 aliphatic carbocycles. The van der Waals surface area contributed by atoms with Gasteiger partial charge in [-0.05, 0) is 31.2 Å². The number of nitrogens with one attached hydrogen (secondary N) is 1. The van der Waals surface area contributed by atoms with Crippen LogP contribution in [0.4, 0.5) is 0 Å². The van der Waals surface area contributed by atoms with E-state index in [1.54, 1.807) is 0 Å². The van der Waals surface area contributed by atoms with Crippen molar-refractivity contribution in [3.05, 3.63) is 34.0 Å². The van der Waals surface area contributed by atoms with Gasteiger partial charge >= 0.3 is 0 Å². The van der Waals surface area contributed by atoms with E-state index in [9.17, 15) is 0 Å². The van der Waals surface area contributed by atoms with Gasteiger partial charge in [0.2, 0.25) is 0 Å². The summed E-state index contributed by atoms with van der Waals surface area (Å²) in [4.78, 5) is 11.2. The Morgan fingerprint density at radius 1 is 1.27 bits per heavy atom. The normalized spacial score (nSPS) is 19.2. The van der Waals surface area contributed by atoms with E-state index in [-0.39, 0.29) is 0 Å². The second-order valence-corrected chi connectivity index (χ2v) is 8.16. The Balaban J connectivity index is 1.37. The summed E-state index contributed by atoms with van der Waals surface area (Å²) >= 11 is 1.84. The highest BCUT2D eigenvalue weighted by Crippen LogP contribution is 2.20. The first kappa shape index (κ1) is 17.5. The van der Waals surface area contributed by atoms with Gasteiger partial charge in [0.1, 0.15) is 12.4 Å². The molecule has 7 nitrogen and oxygen atoms in total. The van der Waals surface area contributed by atoms with E-state index >= 15 is 0 Å². The Kier molecular flexibility index (Phi) is 5.21. The first-order valence-corrected chi connectivity index (χ1v) is 10.2. The predicted molar refractivity (Wildman–Crippen MR) is 104 cm³/mol. The maximum Gasteiger partial charge on any atom is 0.194 e. The zero-order chi connectivity index (χ0) is 17.9. The quantitative estimate of drug-likeness (QED) is 0.637. The Bertz CT molecular complexity index is 740. The summed E-state index contributed by atoms with van der Waals surface area (Å²) in [5, 5.41) is 14.1. The molecule has 2 aromatic rings. The van der Waals surface area contributed by atoms with E-state index in [0.717, 1.165) is 50.3 Å². The third-order valence-corrected chi connectivity index (χ3v) is 5.96. The van der Waals surface area contributed by atoms with Crippen molar-refractivity contribution >= 4 is 17.3 Å². The Morgan fingerprint density at radius 2 is 2.08 bits per heavy atom. The largest absolute Gasteiger partial charge is 0.353 e. The van der Waals surface area contributed by atoms with Crippen molar-refractivity contribution in [2.75, 3.05) is 26.2 Å². The van der Waals surface area contributed by atoms with Crippen LogP contribution in [0.5, 0.6) is 0 Å². The zero-order valence-electron chi connectivity index (χ0n) is 15.6. The molecule has 2 aliphatic rings. The van der Waals surface area contributed by atoms with Gasteiger partial charge in [-0.3, -0.25) is 4.90 Å². The van der Waals surface area contributed by atoms with Crippen LogP contribution in [-0.4, -0.2) is 62.7 Å². The van der Waals surface area contributed by atoms with Gasteiger partial charge in [-0.1, -0.05) is 6.07 Å². The van der Waals surface area contributed by atoms with Crippen LogP contribution < -0.4 is 5.32 Å². The lowest BCUT2D eigenvalue weighted by atomic mass is 10.3. The van der Waals surface area contributed by atoms with Crippen LogP contribution in [0.1, 0.15) is 29.4 Å². The molecular weight excluding hydrogens is 346 g/mol. The van der Waals surface area contributed by atoms with E-state index in [2.05, 4.69) is 42.8 Å². The smallest absolute Gasteiger partial charge is 0.194 e. The third kappa shape index (κ3) is 4.24. The molecule has 0 amide bonds. The van der Waals surface area contributed by atoms with Gasteiger partial charge in [-0.15, -0.1) is 21.5 Å². The van der Waals surface area contributed by atoms with Crippen molar-refractivity contribution in [3.8, 4) is 0 Å². The molecule has 4 rings (SSSR count). The monoisotopic (exact) mass is 373 g/mol. The molecule has 1 saturated heterocycles. The van der Waals surface area contributed by atoms with E-state index in [1.165, 1.54) is 17.7 Å². The molecule has 0 aromatic carbocycles. The Labute approximate surface area is 158 Å². The van der Waals surface area contributed by atoms with Crippen LogP contribution in [0.3, 0.4) is 0 Å². The van der Waals surface area contributed by atoms with E-state index in [1.807, 2.05) is 29.9 Å². The number of guanidine groups is 1. The van der Waals surface area contributed by atoms with E-state index in [0.29, 0.717) is 12.6 Å². The molecule has 0 bridgehead atoms. The molecule has 0 atom stereocenters. The van der Waals surface area contributed by atoms with Crippen LogP contribution in [-0.2, 0) is 20.1 Å². The van der Waals surface area contributed by atoms with Crippen molar-refractivity contribution in [1.29, 1.82) is 0 Å². The van der Waals surface area contributed by atoms with E-state index in [4.69, 9.17) is 4.99 Å². The van der Waals surface area contributed by atoms with Gasteiger partial charge in [0.05, 0.1) is 0 Å². The summed E-state index contributed by atoms with van der Waals surface area (Å²) in [5.41, 5.74) is 0. The lowest BCUT2D eigenvalue weighted by Crippen LogP contribution is -2.52. The average molecular weight is 374 g/mol. The number of hydrogen-bond donors (Lipinski definition) is 1. The topological polar surface area (TPSA) is 61.6 Å². The van der Waals surface area contributed by atoms with Crippen molar-refractivity contribution in [2.45, 2.75) is 38.9 Å². The summed E-state index contributed by atoms with van der Waals surface area (Å²) in [6.45, 7) is 7.78. The van der Waals surface area contributed by atoms with Gasteiger partial charge in [0.15, 0.2) is 11.8 Å². The molecule has 140 valence electrons. The molecule has 1 saturated carbocycles. The molecule has 0 spiro atoms. The van der Waals surface area contributed by atoms with E-state index < -0.39 is 0 Å². The maximum atomic E-state index is 4.86. The van der Waals surface area contributed by atoms with Crippen molar-refractivity contribution < 1.29 is 0 Å². The number of hydrogen-bond acceptors (Lipinski definition) is 5. The summed E-state index contributed by atoms with van der Waals surface area (Å²) in [6, 6.07) is 4.95. The number of rotatable bonds is 5. The van der Waals surface area contributed by atoms with Gasteiger partial charge in [-0.25, -0.2) is 4.99 Å². The fourth-order valence-electron chi connectivity index (χ4n) is 3.12. The number of aryl methyl sites for hydroxylation is 1. The minimum Gasteiger partial charge on any atom is -0.353 e. The zero-order valence-corrected chi connectivity index (χ0v) is 16.4. The summed E-state index contributed by atoms with van der Waals surface area (Å²) in [7, 11) is 2.00. The molecule has 2 fully saturated rings. The standard InChI is InChI=1S/C18H27N7S/c1-14-21-22-17(23(14)2)12-19-18(20-15-5-6-15)25-9-7-24(8-10-25)13-16-4-3-11-26-16/h3-4,11,15H,5-10,12-13H2,1-2H3,(H,19,20).